The van der Waals surface area contributed by atoms with Crippen molar-refractivity contribution < 1.29 is 19.1 Å². The van der Waals surface area contributed by atoms with Crippen molar-refractivity contribution in [2.45, 2.75) is 92.1 Å². The SMILES string of the molecule is CC(=O)O[C@@H]1C[C@@H]2[C@@H](C=C3OC(=O)C=C31)CCC1[C@@]3(C)CCCC(C)(C)C3CC[C@]12C. The number of esters is 2. The fourth-order valence-electron chi connectivity index (χ4n) is 9.12. The van der Waals surface area contributed by atoms with Gasteiger partial charge in [-0.1, -0.05) is 34.1 Å². The number of allylic oxidation sites excluding steroid dienone is 1. The highest BCUT2D eigenvalue weighted by Gasteiger charge is 2.62. The second-order valence-corrected chi connectivity index (χ2v) is 12.2. The van der Waals surface area contributed by atoms with Crippen LogP contribution >= 0.6 is 0 Å². The topological polar surface area (TPSA) is 52.6 Å². The minimum Gasteiger partial charge on any atom is -0.458 e. The lowest BCUT2D eigenvalue weighted by atomic mass is 9.38. The van der Waals surface area contributed by atoms with E-state index in [0.717, 1.165) is 24.3 Å². The van der Waals surface area contributed by atoms with Gasteiger partial charge in [-0.3, -0.25) is 4.79 Å². The van der Waals surface area contributed by atoms with E-state index in [4.69, 9.17) is 9.47 Å². The third-order valence-corrected chi connectivity index (χ3v) is 10.2. The number of fused-ring (bicyclic) bond motifs is 6. The zero-order valence-corrected chi connectivity index (χ0v) is 19.8. The van der Waals surface area contributed by atoms with Gasteiger partial charge in [-0.15, -0.1) is 0 Å². The summed E-state index contributed by atoms with van der Waals surface area (Å²) in [7, 11) is 0. The van der Waals surface area contributed by atoms with Crippen LogP contribution in [0.3, 0.4) is 0 Å². The van der Waals surface area contributed by atoms with Crippen molar-refractivity contribution in [3.8, 4) is 0 Å². The van der Waals surface area contributed by atoms with Gasteiger partial charge in [-0.2, -0.15) is 0 Å². The number of hydrogen-bond donors (Lipinski definition) is 0. The molecule has 2 unspecified atom stereocenters. The smallest absolute Gasteiger partial charge is 0.336 e. The number of hydrogen-bond acceptors (Lipinski definition) is 4. The largest absolute Gasteiger partial charge is 0.458 e. The first-order valence-electron chi connectivity index (χ1n) is 12.4. The van der Waals surface area contributed by atoms with Gasteiger partial charge in [0, 0.05) is 18.6 Å². The molecule has 3 fully saturated rings. The molecule has 5 aliphatic rings. The molecular formula is C27H38O4. The molecule has 0 saturated heterocycles. The van der Waals surface area contributed by atoms with Gasteiger partial charge in [0.25, 0.3) is 0 Å². The Morgan fingerprint density at radius 1 is 1.03 bits per heavy atom. The molecule has 0 spiro atoms. The van der Waals surface area contributed by atoms with E-state index >= 15 is 0 Å². The monoisotopic (exact) mass is 426 g/mol. The van der Waals surface area contributed by atoms with Crippen molar-refractivity contribution >= 4 is 11.9 Å². The predicted octanol–water partition coefficient (Wildman–Crippen LogP) is 5.96. The van der Waals surface area contributed by atoms with Crippen molar-refractivity contribution in [2.75, 3.05) is 0 Å². The summed E-state index contributed by atoms with van der Waals surface area (Å²) in [6, 6.07) is 0. The second kappa shape index (κ2) is 6.96. The summed E-state index contributed by atoms with van der Waals surface area (Å²) in [4.78, 5) is 23.9. The summed E-state index contributed by atoms with van der Waals surface area (Å²) < 4.78 is 11.3. The number of rotatable bonds is 1. The first-order chi connectivity index (χ1) is 14.5. The molecule has 31 heavy (non-hydrogen) atoms. The Morgan fingerprint density at radius 3 is 2.55 bits per heavy atom. The average Bonchev–Trinajstić information content (AvgIpc) is 2.95. The molecule has 1 aliphatic heterocycles. The van der Waals surface area contributed by atoms with Crippen LogP contribution in [-0.2, 0) is 19.1 Å². The third kappa shape index (κ3) is 3.15. The summed E-state index contributed by atoms with van der Waals surface area (Å²) in [5.74, 6) is 2.33. The molecule has 4 nitrogen and oxygen atoms in total. The molecule has 0 bridgehead atoms. The molecule has 5 rings (SSSR count). The maximum atomic E-state index is 12.0. The molecule has 0 amide bonds. The zero-order chi connectivity index (χ0) is 22.2. The summed E-state index contributed by atoms with van der Waals surface area (Å²) in [5, 5.41) is 0. The van der Waals surface area contributed by atoms with E-state index < -0.39 is 0 Å². The van der Waals surface area contributed by atoms with Crippen LogP contribution in [0.15, 0.2) is 23.5 Å². The number of carbonyl (C=O) groups excluding carboxylic acids is 2. The van der Waals surface area contributed by atoms with Crippen LogP contribution in [0.1, 0.15) is 86.0 Å². The molecule has 0 radical (unpaired) electrons. The molecule has 3 saturated carbocycles. The predicted molar refractivity (Wildman–Crippen MR) is 119 cm³/mol. The Kier molecular flexibility index (Phi) is 4.77. The Bertz CT molecular complexity index is 866. The summed E-state index contributed by atoms with van der Waals surface area (Å²) in [6.07, 6.45) is 13.1. The highest BCUT2D eigenvalue weighted by Crippen LogP contribution is 2.70. The summed E-state index contributed by atoms with van der Waals surface area (Å²) in [5.41, 5.74) is 1.80. The summed E-state index contributed by atoms with van der Waals surface area (Å²) in [6.45, 7) is 11.6. The van der Waals surface area contributed by atoms with Gasteiger partial charge in [0.15, 0.2) is 0 Å². The number of ether oxygens (including phenoxy) is 2. The normalized spacial score (nSPS) is 45.6. The van der Waals surface area contributed by atoms with Gasteiger partial charge in [0.05, 0.1) is 0 Å². The van der Waals surface area contributed by atoms with Gasteiger partial charge >= 0.3 is 11.9 Å². The standard InChI is InChI=1S/C27H38O4/c1-16(28)30-21-15-19-17(13-20-18(21)14-24(29)31-20)7-8-23-26(19,4)12-9-22-25(2,3)10-6-11-27(22,23)5/h13-14,17,19,21-23H,6-12,15H2,1-5H3/t17-,19-,21-,22?,23?,26+,27+/m1/s1. The first kappa shape index (κ1) is 21.3. The van der Waals surface area contributed by atoms with Crippen molar-refractivity contribution in [1.29, 1.82) is 0 Å². The Morgan fingerprint density at radius 2 is 1.81 bits per heavy atom. The second-order valence-electron chi connectivity index (χ2n) is 12.2. The maximum absolute atomic E-state index is 12.0. The van der Waals surface area contributed by atoms with Crippen molar-refractivity contribution in [3.05, 3.63) is 23.5 Å². The van der Waals surface area contributed by atoms with Crippen LogP contribution in [0, 0.1) is 39.9 Å². The van der Waals surface area contributed by atoms with Crippen molar-refractivity contribution in [1.82, 2.24) is 0 Å². The first-order valence-corrected chi connectivity index (χ1v) is 12.4. The van der Waals surface area contributed by atoms with E-state index in [1.807, 2.05) is 0 Å². The maximum Gasteiger partial charge on any atom is 0.336 e. The van der Waals surface area contributed by atoms with Crippen LogP contribution in [-0.4, -0.2) is 18.0 Å². The van der Waals surface area contributed by atoms with Crippen LogP contribution in [0.2, 0.25) is 0 Å². The van der Waals surface area contributed by atoms with E-state index in [9.17, 15) is 9.59 Å². The lowest BCUT2D eigenvalue weighted by Gasteiger charge is -2.66. The van der Waals surface area contributed by atoms with E-state index in [1.54, 1.807) is 6.08 Å². The molecule has 170 valence electrons. The van der Waals surface area contributed by atoms with Gasteiger partial charge in [0.2, 0.25) is 0 Å². The molecule has 0 aromatic heterocycles. The van der Waals surface area contributed by atoms with Crippen LogP contribution in [0.5, 0.6) is 0 Å². The third-order valence-electron chi connectivity index (χ3n) is 10.2. The lowest BCUT2D eigenvalue weighted by Crippen LogP contribution is -2.59. The average molecular weight is 427 g/mol. The quantitative estimate of drug-likeness (QED) is 0.485. The van der Waals surface area contributed by atoms with Crippen LogP contribution < -0.4 is 0 Å². The molecule has 0 aromatic rings. The van der Waals surface area contributed by atoms with E-state index in [2.05, 4.69) is 33.8 Å². The highest BCUT2D eigenvalue weighted by molar-refractivity contribution is 5.89. The molecule has 4 aliphatic carbocycles. The Labute approximate surface area is 186 Å². The fourth-order valence-corrected chi connectivity index (χ4v) is 9.12. The van der Waals surface area contributed by atoms with E-state index in [0.29, 0.717) is 34.3 Å². The van der Waals surface area contributed by atoms with Gasteiger partial charge in [-0.05, 0) is 90.9 Å². The molecule has 0 aromatic carbocycles. The van der Waals surface area contributed by atoms with Gasteiger partial charge in [-0.25, -0.2) is 4.79 Å². The van der Waals surface area contributed by atoms with E-state index in [-0.39, 0.29) is 23.5 Å². The van der Waals surface area contributed by atoms with Gasteiger partial charge < -0.3 is 9.47 Å². The fraction of sp³-hybridized carbons (Fsp3) is 0.778. The molecule has 7 atom stereocenters. The Hall–Kier alpha value is -1.58. The zero-order valence-electron chi connectivity index (χ0n) is 19.8. The number of carbonyl (C=O) groups is 2. The molecular weight excluding hydrogens is 388 g/mol. The van der Waals surface area contributed by atoms with Crippen LogP contribution in [0.4, 0.5) is 0 Å². The van der Waals surface area contributed by atoms with Crippen LogP contribution in [0.25, 0.3) is 0 Å². The lowest BCUT2D eigenvalue weighted by molar-refractivity contribution is -0.176. The van der Waals surface area contributed by atoms with Gasteiger partial charge in [0.1, 0.15) is 11.9 Å². The molecule has 1 heterocycles. The highest BCUT2D eigenvalue weighted by atomic mass is 16.6. The molecule has 4 heteroatoms. The van der Waals surface area contributed by atoms with E-state index in [1.165, 1.54) is 45.4 Å². The Balaban J connectivity index is 1.53. The minimum atomic E-state index is -0.380. The van der Waals surface area contributed by atoms with Crippen molar-refractivity contribution in [3.63, 3.8) is 0 Å². The van der Waals surface area contributed by atoms with Crippen molar-refractivity contribution in [2.24, 2.45) is 39.9 Å². The summed E-state index contributed by atoms with van der Waals surface area (Å²) >= 11 is 0. The molecule has 0 N–H and O–H groups in total. The minimum absolute atomic E-state index is 0.222.